The number of hydrogen-bond donors (Lipinski definition) is 0. The SMILES string of the molecule is COC(=O)c1cc(-c2c(F)cnn2C)c(Cl)s1. The van der Waals surface area contributed by atoms with Crippen LogP contribution in [-0.4, -0.2) is 22.9 Å². The fourth-order valence-corrected chi connectivity index (χ4v) is 2.64. The highest BCUT2D eigenvalue weighted by atomic mass is 35.5. The Labute approximate surface area is 106 Å². The topological polar surface area (TPSA) is 44.1 Å². The molecule has 0 saturated carbocycles. The number of nitrogens with zero attached hydrogens (tertiary/aromatic N) is 2. The molecule has 0 bridgehead atoms. The maximum Gasteiger partial charge on any atom is 0.348 e. The summed E-state index contributed by atoms with van der Waals surface area (Å²) >= 11 is 7.03. The summed E-state index contributed by atoms with van der Waals surface area (Å²) in [4.78, 5) is 11.7. The lowest BCUT2D eigenvalue weighted by atomic mass is 10.2. The van der Waals surface area contributed by atoms with E-state index < -0.39 is 11.8 Å². The monoisotopic (exact) mass is 274 g/mol. The Morgan fingerprint density at radius 3 is 2.88 bits per heavy atom. The number of ether oxygens (including phenoxy) is 1. The van der Waals surface area contributed by atoms with Crippen molar-refractivity contribution in [3.63, 3.8) is 0 Å². The predicted octanol–water partition coefficient (Wildman–Crippen LogP) is 2.73. The summed E-state index contributed by atoms with van der Waals surface area (Å²) in [7, 11) is 2.88. The molecule has 0 fully saturated rings. The molecule has 0 spiro atoms. The van der Waals surface area contributed by atoms with Crippen LogP contribution in [0.2, 0.25) is 4.34 Å². The van der Waals surface area contributed by atoms with Gasteiger partial charge in [-0.2, -0.15) is 5.10 Å². The zero-order chi connectivity index (χ0) is 12.6. The van der Waals surface area contributed by atoms with Crippen LogP contribution in [0.1, 0.15) is 9.67 Å². The van der Waals surface area contributed by atoms with Gasteiger partial charge < -0.3 is 4.74 Å². The van der Waals surface area contributed by atoms with Gasteiger partial charge in [-0.15, -0.1) is 11.3 Å². The van der Waals surface area contributed by atoms with Crippen LogP contribution in [0.3, 0.4) is 0 Å². The third kappa shape index (κ3) is 2.05. The zero-order valence-electron chi connectivity index (χ0n) is 9.03. The first-order valence-corrected chi connectivity index (χ1v) is 5.79. The highest BCUT2D eigenvalue weighted by Gasteiger charge is 2.20. The molecule has 0 saturated heterocycles. The number of carbonyl (C=O) groups excluding carboxylic acids is 1. The normalized spacial score (nSPS) is 10.6. The first-order valence-electron chi connectivity index (χ1n) is 4.60. The van der Waals surface area contributed by atoms with E-state index in [2.05, 4.69) is 9.84 Å². The van der Waals surface area contributed by atoms with E-state index in [0.29, 0.717) is 14.8 Å². The number of halogens is 2. The molecule has 4 nitrogen and oxygen atoms in total. The average molecular weight is 275 g/mol. The van der Waals surface area contributed by atoms with Crippen LogP contribution in [-0.2, 0) is 11.8 Å². The van der Waals surface area contributed by atoms with Crippen molar-refractivity contribution in [2.24, 2.45) is 7.05 Å². The standard InChI is InChI=1S/C10H8ClFN2O2S/c1-14-8(6(12)4-13-14)5-3-7(10(15)16-2)17-9(5)11/h3-4H,1-2H3. The molecule has 0 radical (unpaired) electrons. The molecule has 2 aromatic heterocycles. The summed E-state index contributed by atoms with van der Waals surface area (Å²) in [6.45, 7) is 0. The molecule has 0 aliphatic heterocycles. The van der Waals surface area contributed by atoms with Crippen molar-refractivity contribution in [2.75, 3.05) is 7.11 Å². The maximum atomic E-state index is 13.5. The Morgan fingerprint density at radius 2 is 2.35 bits per heavy atom. The van der Waals surface area contributed by atoms with Gasteiger partial charge in [0, 0.05) is 12.6 Å². The Bertz CT molecular complexity index is 559. The molecule has 0 N–H and O–H groups in total. The van der Waals surface area contributed by atoms with E-state index in [1.54, 1.807) is 7.05 Å². The average Bonchev–Trinajstić information content (AvgIpc) is 2.82. The number of esters is 1. The van der Waals surface area contributed by atoms with Crippen molar-refractivity contribution in [3.8, 4) is 11.3 Å². The smallest absolute Gasteiger partial charge is 0.348 e. The zero-order valence-corrected chi connectivity index (χ0v) is 10.6. The lowest BCUT2D eigenvalue weighted by Crippen LogP contribution is -1.97. The second-order valence-corrected chi connectivity index (χ2v) is 4.91. The second kappa shape index (κ2) is 4.46. The van der Waals surface area contributed by atoms with E-state index in [4.69, 9.17) is 11.6 Å². The Balaban J connectivity index is 2.54. The van der Waals surface area contributed by atoms with Crippen LogP contribution in [0.15, 0.2) is 12.3 Å². The highest BCUT2D eigenvalue weighted by Crippen LogP contribution is 2.36. The molecule has 0 aliphatic rings. The van der Waals surface area contributed by atoms with Crippen LogP contribution < -0.4 is 0 Å². The lowest BCUT2D eigenvalue weighted by Gasteiger charge is -1.99. The first kappa shape index (κ1) is 12.1. The van der Waals surface area contributed by atoms with E-state index in [-0.39, 0.29) is 5.69 Å². The molecule has 2 aromatic rings. The molecular weight excluding hydrogens is 267 g/mol. The van der Waals surface area contributed by atoms with Crippen molar-refractivity contribution < 1.29 is 13.9 Å². The van der Waals surface area contributed by atoms with Gasteiger partial charge in [0.15, 0.2) is 5.82 Å². The third-order valence-corrected chi connectivity index (χ3v) is 3.56. The second-order valence-electron chi connectivity index (χ2n) is 3.25. The number of methoxy groups -OCH3 is 1. The molecule has 90 valence electrons. The molecule has 7 heteroatoms. The summed E-state index contributed by atoms with van der Waals surface area (Å²) in [6.07, 6.45) is 1.10. The van der Waals surface area contributed by atoms with Crippen LogP contribution in [0.5, 0.6) is 0 Å². The Morgan fingerprint density at radius 1 is 1.65 bits per heavy atom. The molecule has 2 heterocycles. The van der Waals surface area contributed by atoms with Gasteiger partial charge >= 0.3 is 5.97 Å². The summed E-state index contributed by atoms with van der Waals surface area (Å²) in [5.74, 6) is -0.977. The van der Waals surface area contributed by atoms with Crippen LogP contribution in [0, 0.1) is 5.82 Å². The van der Waals surface area contributed by atoms with Crippen molar-refractivity contribution >= 4 is 28.9 Å². The summed E-state index contributed by atoms with van der Waals surface area (Å²) in [5, 5.41) is 3.78. The minimum absolute atomic E-state index is 0.251. The fourth-order valence-electron chi connectivity index (χ4n) is 1.45. The summed E-state index contributed by atoms with van der Waals surface area (Å²) in [6, 6.07) is 1.50. The van der Waals surface area contributed by atoms with Gasteiger partial charge in [0.05, 0.1) is 13.3 Å². The van der Waals surface area contributed by atoms with Crippen LogP contribution in [0.4, 0.5) is 4.39 Å². The number of rotatable bonds is 2. The molecule has 2 rings (SSSR count). The number of aryl methyl sites for hydroxylation is 1. The van der Waals surface area contributed by atoms with E-state index in [1.807, 2.05) is 0 Å². The lowest BCUT2D eigenvalue weighted by molar-refractivity contribution is 0.0606. The van der Waals surface area contributed by atoms with Gasteiger partial charge in [-0.05, 0) is 6.07 Å². The van der Waals surface area contributed by atoms with Crippen LogP contribution >= 0.6 is 22.9 Å². The van der Waals surface area contributed by atoms with Crippen molar-refractivity contribution in [1.29, 1.82) is 0 Å². The minimum atomic E-state index is -0.495. The van der Waals surface area contributed by atoms with Gasteiger partial charge in [0.25, 0.3) is 0 Å². The minimum Gasteiger partial charge on any atom is -0.465 e. The molecule has 0 unspecified atom stereocenters. The van der Waals surface area contributed by atoms with E-state index in [9.17, 15) is 9.18 Å². The number of carbonyl (C=O) groups is 1. The van der Waals surface area contributed by atoms with E-state index in [1.165, 1.54) is 17.9 Å². The van der Waals surface area contributed by atoms with Crippen molar-refractivity contribution in [3.05, 3.63) is 27.3 Å². The molecular formula is C10H8ClFN2O2S. The van der Waals surface area contributed by atoms with Gasteiger partial charge in [0.1, 0.15) is 14.9 Å². The van der Waals surface area contributed by atoms with E-state index in [0.717, 1.165) is 17.5 Å². The molecule has 0 aliphatic carbocycles. The maximum absolute atomic E-state index is 13.5. The van der Waals surface area contributed by atoms with Crippen LogP contribution in [0.25, 0.3) is 11.3 Å². The number of thiophene rings is 1. The van der Waals surface area contributed by atoms with Gasteiger partial charge in [-0.25, -0.2) is 9.18 Å². The van der Waals surface area contributed by atoms with Crippen molar-refractivity contribution in [2.45, 2.75) is 0 Å². The van der Waals surface area contributed by atoms with Gasteiger partial charge in [0.2, 0.25) is 0 Å². The van der Waals surface area contributed by atoms with E-state index >= 15 is 0 Å². The third-order valence-electron chi connectivity index (χ3n) is 2.22. The largest absolute Gasteiger partial charge is 0.465 e. The quantitative estimate of drug-likeness (QED) is 0.791. The first-order chi connectivity index (χ1) is 8.04. The molecule has 0 aromatic carbocycles. The summed E-state index contributed by atoms with van der Waals surface area (Å²) in [5.41, 5.74) is 0.691. The summed E-state index contributed by atoms with van der Waals surface area (Å²) < 4.78 is 19.8. The molecule has 0 amide bonds. The highest BCUT2D eigenvalue weighted by molar-refractivity contribution is 7.18. The molecule has 0 atom stereocenters. The Kier molecular flexibility index (Phi) is 3.17. The van der Waals surface area contributed by atoms with Gasteiger partial charge in [-0.1, -0.05) is 11.6 Å². The van der Waals surface area contributed by atoms with Crippen molar-refractivity contribution in [1.82, 2.24) is 9.78 Å². The fraction of sp³-hybridized carbons (Fsp3) is 0.200. The van der Waals surface area contributed by atoms with Gasteiger partial charge in [-0.3, -0.25) is 4.68 Å². The molecule has 17 heavy (non-hydrogen) atoms. The predicted molar refractivity (Wildman–Crippen MR) is 62.8 cm³/mol. The Hall–Kier alpha value is -1.40. The number of hydrogen-bond acceptors (Lipinski definition) is 4. The number of aromatic nitrogens is 2.